The molecule has 0 aromatic heterocycles. The lowest BCUT2D eigenvalue weighted by molar-refractivity contribution is 0.982. The van der Waals surface area contributed by atoms with Gasteiger partial charge in [0.1, 0.15) is 0 Å². The fraction of sp³-hybridized carbons (Fsp3) is 0.571. The van der Waals surface area contributed by atoms with Gasteiger partial charge >= 0.3 is 18.0 Å². The maximum absolute atomic E-state index is 6.17. The second-order valence-electron chi connectivity index (χ2n) is 5.01. The van der Waals surface area contributed by atoms with Crippen molar-refractivity contribution in [3.8, 4) is 0 Å². The fourth-order valence-corrected chi connectivity index (χ4v) is 7.44. The van der Waals surface area contributed by atoms with Gasteiger partial charge in [-0.05, 0) is 19.8 Å². The Kier molecular flexibility index (Phi) is 21.5. The van der Waals surface area contributed by atoms with Crippen molar-refractivity contribution in [1.82, 2.24) is 6.15 Å². The zero-order valence-electron chi connectivity index (χ0n) is 15.3. The van der Waals surface area contributed by atoms with Crippen LogP contribution in [0.1, 0.15) is 33.6 Å². The van der Waals surface area contributed by atoms with E-state index in [0.717, 1.165) is 0 Å². The van der Waals surface area contributed by atoms with Crippen LogP contribution in [0.3, 0.4) is 0 Å². The Balaban J connectivity index is -0.00000185. The van der Waals surface area contributed by atoms with E-state index in [1.54, 1.807) is 0 Å². The van der Waals surface area contributed by atoms with Crippen LogP contribution in [0.5, 0.6) is 0 Å². The van der Waals surface area contributed by atoms with E-state index in [2.05, 4.69) is 0 Å². The van der Waals surface area contributed by atoms with E-state index < -0.39 is 18.0 Å². The quantitative estimate of drug-likeness (QED) is 0.149. The van der Waals surface area contributed by atoms with Gasteiger partial charge in [-0.1, -0.05) is 50.3 Å². The summed E-state index contributed by atoms with van der Waals surface area (Å²) >= 11 is 54.3. The highest BCUT2D eigenvalue weighted by Crippen LogP contribution is 2.40. The van der Waals surface area contributed by atoms with Gasteiger partial charge in [0, 0.05) is 17.1 Å². The lowest BCUT2D eigenvalue weighted by atomic mass is 10.2. The molecule has 0 saturated carbocycles. The van der Waals surface area contributed by atoms with E-state index >= 15 is 0 Å². The Hall–Kier alpha value is 2.44. The molecule has 0 radical (unpaired) electrons. The minimum atomic E-state index is -2.93. The molecule has 0 fully saturated rings. The van der Waals surface area contributed by atoms with Gasteiger partial charge in [-0.3, -0.25) is 0 Å². The first kappa shape index (κ1) is 34.1. The van der Waals surface area contributed by atoms with Gasteiger partial charge in [0.25, 0.3) is 0 Å². The molecule has 2 unspecified atom stereocenters. The first-order chi connectivity index (χ1) is 11.8. The number of halogens is 9. The van der Waals surface area contributed by atoms with E-state index in [1.807, 2.05) is 57.2 Å². The lowest BCUT2D eigenvalue weighted by Gasteiger charge is -2.19. The summed E-state index contributed by atoms with van der Waals surface area (Å²) in [6.45, 7) is 5.89. The van der Waals surface area contributed by atoms with Crippen molar-refractivity contribution in [3.63, 3.8) is 0 Å². The summed E-state index contributed by atoms with van der Waals surface area (Å²) in [7, 11) is 0. The van der Waals surface area contributed by atoms with Gasteiger partial charge in [0.15, 0.2) is 0 Å². The molecule has 0 aliphatic carbocycles. The summed E-state index contributed by atoms with van der Waals surface area (Å²) < 4.78 is 0. The Labute approximate surface area is 209 Å². The predicted octanol–water partition coefficient (Wildman–Crippen LogP) is 10.3. The smallest absolute Gasteiger partial charge is 0.344 e. The van der Waals surface area contributed by atoms with Crippen molar-refractivity contribution in [3.05, 3.63) is 36.5 Å². The fourth-order valence-electron chi connectivity index (χ4n) is 1.72. The van der Waals surface area contributed by atoms with Gasteiger partial charge in [0.2, 0.25) is 0 Å². The molecule has 0 aromatic carbocycles. The zero-order valence-corrected chi connectivity index (χ0v) is 25.2. The van der Waals surface area contributed by atoms with Gasteiger partial charge < -0.3 is 6.15 Å². The van der Waals surface area contributed by atoms with Gasteiger partial charge in [0.05, 0.1) is 0 Å². The highest BCUT2D eigenvalue weighted by molar-refractivity contribution is 7.66. The lowest BCUT2D eigenvalue weighted by Crippen LogP contribution is -2.19. The average Bonchev–Trinajstić information content (AvgIpc) is 2.47. The highest BCUT2D eigenvalue weighted by atomic mass is 35.9. The molecule has 0 aliphatic heterocycles. The predicted molar refractivity (Wildman–Crippen MR) is 141 cm³/mol. The summed E-state index contributed by atoms with van der Waals surface area (Å²) in [6, 6.07) is -8.01. The maximum atomic E-state index is 6.17. The summed E-state index contributed by atoms with van der Waals surface area (Å²) in [5.74, 6) is 0. The second-order valence-corrected chi connectivity index (χ2v) is 32.1. The van der Waals surface area contributed by atoms with Crippen LogP contribution in [0.15, 0.2) is 36.5 Å². The average molecular weight is 612 g/mol. The molecule has 27 heavy (non-hydrogen) atoms. The van der Waals surface area contributed by atoms with Crippen LogP contribution in [0, 0.1) is 0 Å². The SMILES string of the molecule is CC.CC=CC(CC=CC(CC=CC[Si](Cl)(Cl)Cl)[Si](Cl)(Cl)Cl)[Si](Cl)(Cl)Cl.N. The number of allylic oxidation sites excluding steroid dienone is 6. The van der Waals surface area contributed by atoms with E-state index in [1.165, 1.54) is 0 Å². The molecule has 0 heterocycles. The molecule has 3 N–H and O–H groups in total. The van der Waals surface area contributed by atoms with Gasteiger partial charge in [-0.2, -0.15) is 0 Å². The van der Waals surface area contributed by atoms with Crippen molar-refractivity contribution in [1.29, 1.82) is 0 Å². The van der Waals surface area contributed by atoms with Crippen LogP contribution in [0.25, 0.3) is 0 Å². The minimum Gasteiger partial charge on any atom is -0.344 e. The van der Waals surface area contributed by atoms with Gasteiger partial charge in [-0.15, -0.1) is 99.7 Å². The van der Waals surface area contributed by atoms with Crippen molar-refractivity contribution in [2.75, 3.05) is 0 Å². The van der Waals surface area contributed by atoms with Crippen molar-refractivity contribution in [2.45, 2.75) is 50.7 Å². The second kappa shape index (κ2) is 17.1. The third-order valence-corrected chi connectivity index (χ3v) is 12.6. The monoisotopic (exact) mass is 607 g/mol. The Morgan fingerprint density at radius 1 is 0.667 bits per heavy atom. The summed E-state index contributed by atoms with van der Waals surface area (Å²) in [6.07, 6.45) is 12.4. The topological polar surface area (TPSA) is 35.0 Å². The first-order valence-corrected chi connectivity index (χ1v) is 23.4. The highest BCUT2D eigenvalue weighted by Gasteiger charge is 2.36. The van der Waals surface area contributed by atoms with Crippen LogP contribution in [0.2, 0.25) is 17.1 Å². The van der Waals surface area contributed by atoms with E-state index in [9.17, 15) is 0 Å². The largest absolute Gasteiger partial charge is 0.348 e. The van der Waals surface area contributed by atoms with Crippen molar-refractivity contribution < 1.29 is 0 Å². The molecule has 0 aliphatic rings. The Morgan fingerprint density at radius 2 is 1.07 bits per heavy atom. The molecule has 0 bridgehead atoms. The molecule has 0 aromatic rings. The number of hydrogen-bond acceptors (Lipinski definition) is 1. The molecular weight excluding hydrogens is 585 g/mol. The molecule has 1 nitrogen and oxygen atoms in total. The minimum absolute atomic E-state index is 0. The molecule has 13 heteroatoms. The maximum Gasteiger partial charge on any atom is 0.348 e. The van der Waals surface area contributed by atoms with E-state index in [-0.39, 0.29) is 17.2 Å². The van der Waals surface area contributed by atoms with Crippen LogP contribution in [-0.4, -0.2) is 18.0 Å². The molecule has 162 valence electrons. The molecule has 0 saturated heterocycles. The summed E-state index contributed by atoms with van der Waals surface area (Å²) in [5, 5.41) is 0. The molecule has 0 amide bonds. The summed E-state index contributed by atoms with van der Waals surface area (Å²) in [5.41, 5.74) is -0.313. The zero-order chi connectivity index (χ0) is 21.0. The third kappa shape index (κ3) is 20.1. The molecule has 0 spiro atoms. The van der Waals surface area contributed by atoms with Crippen LogP contribution in [0.4, 0.5) is 0 Å². The van der Waals surface area contributed by atoms with Crippen LogP contribution < -0.4 is 6.15 Å². The molecule has 0 rings (SSSR count). The van der Waals surface area contributed by atoms with Crippen molar-refractivity contribution in [2.24, 2.45) is 0 Å². The van der Waals surface area contributed by atoms with E-state index in [0.29, 0.717) is 18.9 Å². The standard InChI is InChI=1S/C12H17Cl9Si3.C2H6.H3N/c1-2-6-11(23(16,17)18)8-5-9-12(24(19,20)21)7-3-4-10-22(13,14)15;1-2;/h2-6,9,11-12H,7-8,10H2,1H3;1-2H3;1H3. The third-order valence-electron chi connectivity index (χ3n) is 2.93. The Bertz CT molecular complexity index is 454. The van der Waals surface area contributed by atoms with E-state index in [4.69, 9.17) is 99.7 Å². The Morgan fingerprint density at radius 3 is 1.44 bits per heavy atom. The van der Waals surface area contributed by atoms with Gasteiger partial charge in [-0.25, -0.2) is 0 Å². The first-order valence-electron chi connectivity index (χ1n) is 7.92. The normalized spacial score (nSPS) is 15.6. The number of rotatable bonds is 10. The van der Waals surface area contributed by atoms with Crippen LogP contribution in [-0.2, 0) is 0 Å². The van der Waals surface area contributed by atoms with Crippen molar-refractivity contribution >= 4 is 118 Å². The van der Waals surface area contributed by atoms with Crippen LogP contribution >= 0.6 is 99.7 Å². The molecule has 2 atom stereocenters. The number of hydrogen-bond donors (Lipinski definition) is 1. The molecular formula is C14H26Cl9NSi3. The summed E-state index contributed by atoms with van der Waals surface area (Å²) in [4.78, 5) is 0.